The van der Waals surface area contributed by atoms with E-state index in [1.165, 1.54) is 5.56 Å². The van der Waals surface area contributed by atoms with Gasteiger partial charge in [-0.2, -0.15) is 0 Å². The molecule has 0 fully saturated rings. The highest BCUT2D eigenvalue weighted by Gasteiger charge is 2.21. The number of carbonyl (C=O) groups excluding carboxylic acids is 2. The Labute approximate surface area is 145 Å². The topological polar surface area (TPSA) is 62.6 Å². The zero-order valence-electron chi connectivity index (χ0n) is 16.1. The molecule has 134 valence electrons. The second kappa shape index (κ2) is 8.29. The van der Waals surface area contributed by atoms with Gasteiger partial charge in [-0.05, 0) is 52.2 Å². The Morgan fingerprint density at radius 2 is 1.54 bits per heavy atom. The summed E-state index contributed by atoms with van der Waals surface area (Å²) in [6, 6.07) is 4.11. The molecule has 1 atom stereocenters. The van der Waals surface area contributed by atoms with Crippen LogP contribution in [0.1, 0.15) is 43.9 Å². The number of amides is 2. The van der Waals surface area contributed by atoms with Gasteiger partial charge in [-0.3, -0.25) is 9.59 Å². The quantitative estimate of drug-likeness (QED) is 0.705. The van der Waals surface area contributed by atoms with Crippen LogP contribution in [0.25, 0.3) is 0 Å². The maximum Gasteiger partial charge on any atom is 0.279 e. The molecule has 0 aromatic heterocycles. The van der Waals surface area contributed by atoms with E-state index in [-0.39, 0.29) is 30.4 Å². The van der Waals surface area contributed by atoms with E-state index < -0.39 is 0 Å². The second-order valence-corrected chi connectivity index (χ2v) is 7.42. The van der Waals surface area contributed by atoms with Gasteiger partial charge >= 0.3 is 0 Å². The minimum atomic E-state index is -0.213. The zero-order valence-corrected chi connectivity index (χ0v) is 16.1. The van der Waals surface area contributed by atoms with Crippen molar-refractivity contribution in [3.05, 3.63) is 28.8 Å². The number of benzene rings is 1. The fourth-order valence-corrected chi connectivity index (χ4v) is 2.68. The number of aryl methyl sites for hydroxylation is 3. The molecule has 0 heterocycles. The Kier molecular flexibility index (Phi) is 6.96. The van der Waals surface area contributed by atoms with Crippen LogP contribution in [0.5, 0.6) is 0 Å². The summed E-state index contributed by atoms with van der Waals surface area (Å²) in [6.45, 7) is 12.6. The molecule has 0 aliphatic carbocycles. The molecular weight excluding hydrogens is 302 g/mol. The van der Waals surface area contributed by atoms with Crippen molar-refractivity contribution in [3.63, 3.8) is 0 Å². The number of likely N-dealkylation sites (N-methyl/N-ethyl adjacent to an activating group) is 1. The Morgan fingerprint density at radius 3 is 2.04 bits per heavy atom. The van der Waals surface area contributed by atoms with Crippen LogP contribution in [0.4, 0.5) is 5.69 Å². The van der Waals surface area contributed by atoms with Crippen molar-refractivity contribution in [2.45, 2.75) is 53.5 Å². The van der Waals surface area contributed by atoms with Crippen molar-refractivity contribution < 1.29 is 14.5 Å². The van der Waals surface area contributed by atoms with Crippen molar-refractivity contribution in [1.82, 2.24) is 5.32 Å². The van der Waals surface area contributed by atoms with Crippen LogP contribution in [-0.2, 0) is 9.59 Å². The molecular formula is C19H32N3O2+. The molecule has 5 heteroatoms. The minimum absolute atomic E-state index is 0.0325. The molecule has 2 amide bonds. The Morgan fingerprint density at radius 1 is 1.04 bits per heavy atom. The average Bonchev–Trinajstić information content (AvgIpc) is 2.41. The van der Waals surface area contributed by atoms with Gasteiger partial charge in [0, 0.05) is 11.2 Å². The van der Waals surface area contributed by atoms with E-state index in [0.29, 0.717) is 0 Å². The standard InChI is InChI=1S/C19H31N3O2/c1-8-19(5,6)21-17(24)12-22(7)11-16(23)20-18-14(3)9-13(2)10-15(18)4/h9-10H,8,11-12H2,1-7H3,(H,20,23)(H,21,24)/p+1. The first kappa shape index (κ1) is 20.2. The maximum atomic E-state index is 12.3. The molecule has 1 aromatic carbocycles. The second-order valence-electron chi connectivity index (χ2n) is 7.42. The van der Waals surface area contributed by atoms with Crippen molar-refractivity contribution in [3.8, 4) is 0 Å². The molecule has 0 spiro atoms. The summed E-state index contributed by atoms with van der Waals surface area (Å²) in [5.41, 5.74) is 3.95. The lowest BCUT2D eigenvalue weighted by molar-refractivity contribution is -0.862. The first-order chi connectivity index (χ1) is 11.0. The van der Waals surface area contributed by atoms with Gasteiger partial charge < -0.3 is 15.5 Å². The van der Waals surface area contributed by atoms with Crippen LogP contribution in [0.2, 0.25) is 0 Å². The molecule has 0 aliphatic heterocycles. The van der Waals surface area contributed by atoms with Gasteiger partial charge in [0.15, 0.2) is 13.1 Å². The van der Waals surface area contributed by atoms with Gasteiger partial charge in [-0.1, -0.05) is 24.6 Å². The zero-order chi connectivity index (χ0) is 18.5. The van der Waals surface area contributed by atoms with Crippen LogP contribution in [0.3, 0.4) is 0 Å². The van der Waals surface area contributed by atoms with E-state index in [4.69, 9.17) is 0 Å². The van der Waals surface area contributed by atoms with Gasteiger partial charge in [-0.15, -0.1) is 0 Å². The van der Waals surface area contributed by atoms with E-state index in [1.54, 1.807) is 0 Å². The summed E-state index contributed by atoms with van der Waals surface area (Å²) in [4.78, 5) is 25.2. The number of hydrogen-bond donors (Lipinski definition) is 3. The lowest BCUT2D eigenvalue weighted by Crippen LogP contribution is -3.11. The van der Waals surface area contributed by atoms with Crippen LogP contribution >= 0.6 is 0 Å². The third-order valence-corrected chi connectivity index (χ3v) is 4.23. The summed E-state index contributed by atoms with van der Waals surface area (Å²) in [5.74, 6) is -0.111. The van der Waals surface area contributed by atoms with Gasteiger partial charge in [0.1, 0.15) is 0 Å². The summed E-state index contributed by atoms with van der Waals surface area (Å²) < 4.78 is 0. The fourth-order valence-electron chi connectivity index (χ4n) is 2.68. The fraction of sp³-hybridized carbons (Fsp3) is 0.579. The normalized spacial score (nSPS) is 12.6. The molecule has 0 aliphatic rings. The number of rotatable bonds is 7. The van der Waals surface area contributed by atoms with Crippen molar-refractivity contribution in [1.29, 1.82) is 0 Å². The highest BCUT2D eigenvalue weighted by molar-refractivity contribution is 5.93. The minimum Gasteiger partial charge on any atom is -0.346 e. The number of quaternary nitrogens is 1. The average molecular weight is 334 g/mol. The Hall–Kier alpha value is -1.88. The number of anilines is 1. The van der Waals surface area contributed by atoms with E-state index in [2.05, 4.69) is 22.8 Å². The lowest BCUT2D eigenvalue weighted by atomic mass is 10.0. The van der Waals surface area contributed by atoms with Crippen LogP contribution in [0.15, 0.2) is 12.1 Å². The molecule has 0 saturated carbocycles. The summed E-state index contributed by atoms with van der Waals surface area (Å²) in [6.07, 6.45) is 0.865. The smallest absolute Gasteiger partial charge is 0.279 e. The third-order valence-electron chi connectivity index (χ3n) is 4.23. The van der Waals surface area contributed by atoms with Crippen LogP contribution in [0, 0.1) is 20.8 Å². The first-order valence-electron chi connectivity index (χ1n) is 8.54. The molecule has 0 radical (unpaired) electrons. The SMILES string of the molecule is CCC(C)(C)NC(=O)C[NH+](C)CC(=O)Nc1c(C)cc(C)cc1C. The summed E-state index contributed by atoms with van der Waals surface area (Å²) >= 11 is 0. The molecule has 3 N–H and O–H groups in total. The highest BCUT2D eigenvalue weighted by Crippen LogP contribution is 2.21. The molecule has 1 unspecified atom stereocenters. The van der Waals surface area contributed by atoms with E-state index >= 15 is 0 Å². The van der Waals surface area contributed by atoms with Crippen molar-refractivity contribution >= 4 is 17.5 Å². The van der Waals surface area contributed by atoms with E-state index in [9.17, 15) is 9.59 Å². The molecule has 5 nitrogen and oxygen atoms in total. The number of hydrogen-bond acceptors (Lipinski definition) is 2. The van der Waals surface area contributed by atoms with Crippen molar-refractivity contribution in [2.75, 3.05) is 25.5 Å². The van der Waals surface area contributed by atoms with E-state index in [1.807, 2.05) is 48.6 Å². The molecule has 24 heavy (non-hydrogen) atoms. The predicted octanol–water partition coefficient (Wildman–Crippen LogP) is 1.37. The monoisotopic (exact) mass is 334 g/mol. The molecule has 0 saturated heterocycles. The van der Waals surface area contributed by atoms with Gasteiger partial charge in [0.05, 0.1) is 7.05 Å². The van der Waals surface area contributed by atoms with Crippen molar-refractivity contribution in [2.24, 2.45) is 0 Å². The van der Waals surface area contributed by atoms with Gasteiger partial charge in [0.25, 0.3) is 11.8 Å². The largest absolute Gasteiger partial charge is 0.346 e. The summed E-state index contributed by atoms with van der Waals surface area (Å²) in [5, 5.41) is 5.97. The lowest BCUT2D eigenvalue weighted by Gasteiger charge is -2.25. The Bertz CT molecular complexity index is 586. The van der Waals surface area contributed by atoms with Crippen LogP contribution in [-0.4, -0.2) is 37.5 Å². The van der Waals surface area contributed by atoms with E-state index in [0.717, 1.165) is 28.1 Å². The Balaban J connectivity index is 2.58. The number of carbonyl (C=O) groups is 2. The molecule has 1 aromatic rings. The summed E-state index contributed by atoms with van der Waals surface area (Å²) in [7, 11) is 1.85. The third kappa shape index (κ3) is 6.32. The molecule has 1 rings (SSSR count). The maximum absolute atomic E-state index is 12.3. The predicted molar refractivity (Wildman–Crippen MR) is 98.4 cm³/mol. The number of nitrogens with one attached hydrogen (secondary N) is 3. The van der Waals surface area contributed by atoms with Gasteiger partial charge in [0.2, 0.25) is 0 Å². The van der Waals surface area contributed by atoms with Gasteiger partial charge in [-0.25, -0.2) is 0 Å². The first-order valence-corrected chi connectivity index (χ1v) is 8.54. The van der Waals surface area contributed by atoms with Crippen LogP contribution < -0.4 is 15.5 Å². The highest BCUT2D eigenvalue weighted by atomic mass is 16.2. The molecule has 0 bridgehead atoms.